The quantitative estimate of drug-likeness (QED) is 0.145. The lowest BCUT2D eigenvalue weighted by molar-refractivity contribution is -0.119. The molecule has 0 aliphatic carbocycles. The van der Waals surface area contributed by atoms with Crippen LogP contribution in [0.5, 0.6) is 0 Å². The molecule has 0 aromatic heterocycles. The molecule has 214 valence electrons. The Morgan fingerprint density at radius 2 is 1.18 bits per heavy atom. The van der Waals surface area contributed by atoms with Crippen LogP contribution in [0.3, 0.4) is 0 Å². The van der Waals surface area contributed by atoms with E-state index < -0.39 is 17.7 Å². The fourth-order valence-corrected chi connectivity index (χ4v) is 6.85. The van der Waals surface area contributed by atoms with Gasteiger partial charge in [0.2, 0.25) is 5.91 Å². The molecule has 1 unspecified atom stereocenters. The number of hydrogen-bond donors (Lipinski definition) is 0. The summed E-state index contributed by atoms with van der Waals surface area (Å²) in [7, 11) is 0. The average Bonchev–Trinajstić information content (AvgIpc) is 3.04. The summed E-state index contributed by atoms with van der Waals surface area (Å²) in [6, 6.07) is 25.2. The molecule has 0 N–H and O–H groups in total. The van der Waals surface area contributed by atoms with Crippen molar-refractivity contribution >= 4 is 74.8 Å². The Morgan fingerprint density at radius 1 is 0.636 bits per heavy atom. The van der Waals surface area contributed by atoms with Crippen LogP contribution in [-0.4, -0.2) is 23.6 Å². The maximum absolute atomic E-state index is 13.9. The number of para-hydroxylation sites is 2. The fourth-order valence-electron chi connectivity index (χ4n) is 6.85. The third-order valence-electron chi connectivity index (χ3n) is 8.84. The van der Waals surface area contributed by atoms with Gasteiger partial charge in [0.15, 0.2) is 0 Å². The van der Waals surface area contributed by atoms with E-state index in [4.69, 9.17) is 0 Å². The third-order valence-corrected chi connectivity index (χ3v) is 8.84. The minimum atomic E-state index is -0.603. The maximum atomic E-state index is 13.9. The Bertz CT molecular complexity index is 2250. The molecule has 1 atom stereocenters. The molecule has 5 aromatic rings. The molecule has 2 heterocycles. The highest BCUT2D eigenvalue weighted by Gasteiger charge is 2.40. The minimum Gasteiger partial charge on any atom is -0.273 e. The first kappa shape index (κ1) is 27.2. The molecule has 5 aromatic carbocycles. The number of amides is 4. The van der Waals surface area contributed by atoms with Gasteiger partial charge in [-0.3, -0.25) is 19.2 Å². The molecule has 4 amide bonds. The molecule has 0 radical (unpaired) electrons. The van der Waals surface area contributed by atoms with Crippen molar-refractivity contribution in [3.05, 3.63) is 124 Å². The van der Waals surface area contributed by atoms with Gasteiger partial charge in [-0.1, -0.05) is 67.3 Å². The standard InChI is InChI=1S/C38H28N2O4/c1-5-25-21(3)31-27(17-20-30-34(31)26(6-2)36(42)40(38(30)44)24-15-11-8-12-16-24)28-18-19-29-32(33(25)28)22(4)35(41)39(37(29)43)23-13-9-7-10-14-23/h5-20,22H,3H2,1-2,4H3/b25-5-,26-6+. The van der Waals surface area contributed by atoms with Crippen LogP contribution in [-0.2, 0) is 9.59 Å². The topological polar surface area (TPSA) is 74.8 Å². The van der Waals surface area contributed by atoms with Gasteiger partial charge >= 0.3 is 0 Å². The molecule has 44 heavy (non-hydrogen) atoms. The first-order valence-corrected chi connectivity index (χ1v) is 14.5. The Hall–Kier alpha value is -5.62. The van der Waals surface area contributed by atoms with Crippen molar-refractivity contribution in [3.63, 3.8) is 0 Å². The van der Waals surface area contributed by atoms with Crippen LogP contribution < -0.4 is 20.2 Å². The highest BCUT2D eigenvalue weighted by atomic mass is 16.2. The molecule has 6 heteroatoms. The summed E-state index contributed by atoms with van der Waals surface area (Å²) in [6.07, 6.45) is 3.67. The number of carbonyl (C=O) groups is 4. The number of carbonyl (C=O) groups excluding carboxylic acids is 4. The number of nitrogens with zero attached hydrogens (tertiary/aromatic N) is 2. The second kappa shape index (κ2) is 9.99. The van der Waals surface area contributed by atoms with Gasteiger partial charge in [-0.05, 0) is 94.7 Å². The first-order chi connectivity index (χ1) is 21.3. The molecule has 0 bridgehead atoms. The number of fused-ring (bicyclic) bond motifs is 7. The minimum absolute atomic E-state index is 0.298. The first-order valence-electron chi connectivity index (χ1n) is 14.5. The van der Waals surface area contributed by atoms with E-state index in [1.807, 2.05) is 44.2 Å². The molecule has 7 rings (SSSR count). The van der Waals surface area contributed by atoms with Crippen LogP contribution in [0.4, 0.5) is 11.4 Å². The predicted octanol–water partition coefficient (Wildman–Crippen LogP) is 6.08. The summed E-state index contributed by atoms with van der Waals surface area (Å²) in [4.78, 5) is 57.9. The molecule has 2 aliphatic heterocycles. The number of imide groups is 2. The number of hydrogen-bond acceptors (Lipinski definition) is 4. The van der Waals surface area contributed by atoms with Crippen LogP contribution in [0.2, 0.25) is 0 Å². The van der Waals surface area contributed by atoms with E-state index in [-0.39, 0.29) is 11.8 Å². The van der Waals surface area contributed by atoms with Gasteiger partial charge in [-0.15, -0.1) is 0 Å². The summed E-state index contributed by atoms with van der Waals surface area (Å²) >= 11 is 0. The third kappa shape index (κ3) is 3.61. The van der Waals surface area contributed by atoms with Crippen LogP contribution in [0, 0.1) is 0 Å². The highest BCUT2D eigenvalue weighted by molar-refractivity contribution is 6.43. The smallest absolute Gasteiger partial charge is 0.265 e. The zero-order valence-corrected chi connectivity index (χ0v) is 24.5. The van der Waals surface area contributed by atoms with Gasteiger partial charge in [-0.2, -0.15) is 0 Å². The summed E-state index contributed by atoms with van der Waals surface area (Å²) in [5.74, 6) is -2.08. The van der Waals surface area contributed by atoms with E-state index in [9.17, 15) is 19.2 Å². The largest absolute Gasteiger partial charge is 0.273 e. The Morgan fingerprint density at radius 3 is 1.77 bits per heavy atom. The summed E-state index contributed by atoms with van der Waals surface area (Å²) < 4.78 is 0. The highest BCUT2D eigenvalue weighted by Crippen LogP contribution is 2.40. The lowest BCUT2D eigenvalue weighted by Gasteiger charge is -2.32. The monoisotopic (exact) mass is 576 g/mol. The molecule has 0 fully saturated rings. The van der Waals surface area contributed by atoms with Crippen molar-refractivity contribution in [2.45, 2.75) is 26.7 Å². The zero-order valence-electron chi connectivity index (χ0n) is 24.5. The maximum Gasteiger partial charge on any atom is 0.265 e. The average molecular weight is 577 g/mol. The lowest BCUT2D eigenvalue weighted by Crippen LogP contribution is -2.45. The van der Waals surface area contributed by atoms with Crippen LogP contribution >= 0.6 is 0 Å². The van der Waals surface area contributed by atoms with Gasteiger partial charge in [0.25, 0.3) is 17.7 Å². The summed E-state index contributed by atoms with van der Waals surface area (Å²) in [6.45, 7) is 9.98. The van der Waals surface area contributed by atoms with Crippen molar-refractivity contribution in [2.75, 3.05) is 9.80 Å². The second-order valence-electron chi connectivity index (χ2n) is 11.1. The SMILES string of the molecule is C=c1/c(=C/C)c2c3c(ccc2c2ccc4c(c12)/C(=C\C)C(=O)N(c1ccccc1)C4=O)C(=O)N(c1ccccc1)C(=O)C3C. The van der Waals surface area contributed by atoms with E-state index in [2.05, 4.69) is 6.58 Å². The van der Waals surface area contributed by atoms with E-state index in [0.29, 0.717) is 49.8 Å². The van der Waals surface area contributed by atoms with E-state index in [1.165, 1.54) is 9.80 Å². The second-order valence-corrected chi connectivity index (χ2v) is 11.1. The molecular weight excluding hydrogens is 548 g/mol. The fraction of sp³-hybridized carbons (Fsp3) is 0.105. The van der Waals surface area contributed by atoms with Gasteiger partial charge in [0.05, 0.1) is 17.3 Å². The lowest BCUT2D eigenvalue weighted by atomic mass is 9.80. The molecular formula is C38H28N2O4. The van der Waals surface area contributed by atoms with Crippen molar-refractivity contribution in [1.82, 2.24) is 0 Å². The van der Waals surface area contributed by atoms with Crippen LogP contribution in [0.15, 0.2) is 91.0 Å². The molecule has 6 nitrogen and oxygen atoms in total. The van der Waals surface area contributed by atoms with E-state index in [1.54, 1.807) is 73.7 Å². The summed E-state index contributed by atoms with van der Waals surface area (Å²) in [5, 5.41) is 4.50. The number of rotatable bonds is 2. The van der Waals surface area contributed by atoms with Gasteiger partial charge in [0, 0.05) is 22.3 Å². The molecule has 0 spiro atoms. The predicted molar refractivity (Wildman–Crippen MR) is 175 cm³/mol. The summed E-state index contributed by atoms with van der Waals surface area (Å²) in [5.41, 5.74) is 3.54. The molecule has 0 saturated heterocycles. The Kier molecular flexibility index (Phi) is 6.18. The van der Waals surface area contributed by atoms with E-state index in [0.717, 1.165) is 21.4 Å². The molecule has 0 saturated carbocycles. The Labute approximate surface area is 253 Å². The zero-order chi connectivity index (χ0) is 30.9. The number of benzene rings is 5. The van der Waals surface area contributed by atoms with Crippen molar-refractivity contribution in [2.24, 2.45) is 0 Å². The normalized spacial score (nSPS) is 18.0. The number of allylic oxidation sites excluding steroid dienone is 1. The van der Waals surface area contributed by atoms with Crippen molar-refractivity contribution in [3.8, 4) is 0 Å². The van der Waals surface area contributed by atoms with Crippen molar-refractivity contribution < 1.29 is 19.2 Å². The van der Waals surface area contributed by atoms with Gasteiger partial charge in [-0.25, -0.2) is 9.80 Å². The van der Waals surface area contributed by atoms with Crippen LogP contribution in [0.25, 0.3) is 39.8 Å². The Balaban J connectivity index is 1.54. The number of anilines is 2. The van der Waals surface area contributed by atoms with Gasteiger partial charge < -0.3 is 0 Å². The van der Waals surface area contributed by atoms with Crippen LogP contribution in [0.1, 0.15) is 58.5 Å². The van der Waals surface area contributed by atoms with E-state index >= 15 is 0 Å². The van der Waals surface area contributed by atoms with Crippen molar-refractivity contribution in [1.29, 1.82) is 0 Å². The molecule has 2 aliphatic rings. The van der Waals surface area contributed by atoms with Gasteiger partial charge in [0.1, 0.15) is 0 Å².